The summed E-state index contributed by atoms with van der Waals surface area (Å²) in [5.74, 6) is -0.485. The van der Waals surface area contributed by atoms with E-state index < -0.39 is 41.0 Å². The molecule has 1 aliphatic rings. The zero-order chi connectivity index (χ0) is 13.9. The van der Waals surface area contributed by atoms with Gasteiger partial charge in [-0.3, -0.25) is 14.9 Å². The first kappa shape index (κ1) is 14.4. The number of esters is 1. The third-order valence-corrected chi connectivity index (χ3v) is 3.25. The second kappa shape index (κ2) is 5.33. The number of hydrogen-bond donors (Lipinski definition) is 2. The molecule has 1 aliphatic carbocycles. The molecule has 0 aromatic rings. The van der Waals surface area contributed by atoms with E-state index in [1.54, 1.807) is 0 Å². The van der Waals surface area contributed by atoms with Gasteiger partial charge in [-0.25, -0.2) is 0 Å². The minimum atomic E-state index is -1.63. The van der Waals surface area contributed by atoms with Crippen molar-refractivity contribution < 1.29 is 24.7 Å². The van der Waals surface area contributed by atoms with E-state index in [1.807, 2.05) is 0 Å². The van der Waals surface area contributed by atoms with Crippen molar-refractivity contribution in [3.8, 4) is 12.3 Å². The number of carbonyl (C=O) groups excluding carboxylic acids is 1. The quantitative estimate of drug-likeness (QED) is 0.296. The fourth-order valence-electron chi connectivity index (χ4n) is 2.31. The standard InChI is InChI=1S/C11H15NO6/c1-3-11(15)4-7(10(14)18-2)8(6-12(16)17)9(13)5-11/h1,7-9,13,15H,4-6H2,2H3/t7-,8-,9-,11-/m1/s1. The summed E-state index contributed by atoms with van der Waals surface area (Å²) in [7, 11) is 1.14. The molecule has 0 heterocycles. The van der Waals surface area contributed by atoms with Crippen LogP contribution in [0.3, 0.4) is 0 Å². The lowest BCUT2D eigenvalue weighted by Gasteiger charge is -2.38. The molecule has 0 unspecified atom stereocenters. The molecule has 0 amide bonds. The maximum absolute atomic E-state index is 11.6. The van der Waals surface area contributed by atoms with Gasteiger partial charge in [0.25, 0.3) is 0 Å². The maximum atomic E-state index is 11.6. The van der Waals surface area contributed by atoms with E-state index in [2.05, 4.69) is 10.7 Å². The Kier molecular flexibility index (Phi) is 4.27. The van der Waals surface area contributed by atoms with Gasteiger partial charge in [-0.2, -0.15) is 0 Å². The van der Waals surface area contributed by atoms with Gasteiger partial charge < -0.3 is 14.9 Å². The zero-order valence-corrected chi connectivity index (χ0v) is 9.91. The van der Waals surface area contributed by atoms with Crippen LogP contribution in [0.5, 0.6) is 0 Å². The van der Waals surface area contributed by atoms with Crippen molar-refractivity contribution in [2.75, 3.05) is 13.7 Å². The number of rotatable bonds is 3. The van der Waals surface area contributed by atoms with Crippen LogP contribution in [-0.4, -0.2) is 46.5 Å². The second-order valence-electron chi connectivity index (χ2n) is 4.46. The van der Waals surface area contributed by atoms with E-state index in [0.29, 0.717) is 0 Å². The summed E-state index contributed by atoms with van der Waals surface area (Å²) in [6.45, 7) is -0.568. The van der Waals surface area contributed by atoms with Crippen LogP contribution in [-0.2, 0) is 9.53 Å². The number of carbonyl (C=O) groups is 1. The lowest BCUT2D eigenvalue weighted by atomic mass is 9.70. The minimum Gasteiger partial charge on any atom is -0.469 e. The van der Waals surface area contributed by atoms with Gasteiger partial charge in [0.15, 0.2) is 0 Å². The van der Waals surface area contributed by atoms with E-state index >= 15 is 0 Å². The van der Waals surface area contributed by atoms with Crippen LogP contribution < -0.4 is 0 Å². The molecule has 0 aromatic heterocycles. The molecule has 7 nitrogen and oxygen atoms in total. The minimum absolute atomic E-state index is 0.147. The van der Waals surface area contributed by atoms with Crippen LogP contribution in [0.2, 0.25) is 0 Å². The van der Waals surface area contributed by atoms with Crippen molar-refractivity contribution in [3.05, 3.63) is 10.1 Å². The van der Waals surface area contributed by atoms with Gasteiger partial charge in [0, 0.05) is 17.8 Å². The monoisotopic (exact) mass is 257 g/mol. The first-order chi connectivity index (χ1) is 8.33. The number of nitro groups is 1. The Morgan fingerprint density at radius 1 is 1.67 bits per heavy atom. The van der Waals surface area contributed by atoms with E-state index in [4.69, 9.17) is 6.42 Å². The summed E-state index contributed by atoms with van der Waals surface area (Å²) >= 11 is 0. The molecule has 7 heteroatoms. The van der Waals surface area contributed by atoms with Crippen LogP contribution >= 0.6 is 0 Å². The lowest BCUT2D eigenvalue weighted by molar-refractivity contribution is -0.493. The summed E-state index contributed by atoms with van der Waals surface area (Å²) in [6, 6.07) is 0. The van der Waals surface area contributed by atoms with Crippen molar-refractivity contribution in [2.24, 2.45) is 11.8 Å². The Morgan fingerprint density at radius 2 is 2.28 bits per heavy atom. The molecule has 4 atom stereocenters. The molecule has 0 aromatic carbocycles. The van der Waals surface area contributed by atoms with E-state index in [9.17, 15) is 25.1 Å². The van der Waals surface area contributed by atoms with Crippen LogP contribution in [0.4, 0.5) is 0 Å². The molecule has 0 bridgehead atoms. The van der Waals surface area contributed by atoms with Crippen LogP contribution in [0.1, 0.15) is 12.8 Å². The molecule has 1 saturated carbocycles. The summed E-state index contributed by atoms with van der Waals surface area (Å²) in [5, 5.41) is 30.3. The first-order valence-corrected chi connectivity index (χ1v) is 5.41. The Bertz CT molecular complexity index is 389. The van der Waals surface area contributed by atoms with Gasteiger partial charge in [-0.05, 0) is 0 Å². The zero-order valence-electron chi connectivity index (χ0n) is 9.91. The first-order valence-electron chi connectivity index (χ1n) is 5.41. The highest BCUT2D eigenvalue weighted by Crippen LogP contribution is 2.37. The summed E-state index contributed by atoms with van der Waals surface area (Å²) in [6.07, 6.45) is 3.61. The third-order valence-electron chi connectivity index (χ3n) is 3.25. The van der Waals surface area contributed by atoms with Crippen molar-refractivity contribution in [2.45, 2.75) is 24.5 Å². The molecule has 100 valence electrons. The molecular weight excluding hydrogens is 242 g/mol. The molecule has 0 aliphatic heterocycles. The van der Waals surface area contributed by atoms with Gasteiger partial charge >= 0.3 is 5.97 Å². The molecule has 0 spiro atoms. The Morgan fingerprint density at radius 3 is 2.72 bits per heavy atom. The number of ether oxygens (including phenoxy) is 1. The number of aliphatic hydroxyl groups excluding tert-OH is 1. The predicted molar refractivity (Wildman–Crippen MR) is 59.9 cm³/mol. The van der Waals surface area contributed by atoms with Crippen molar-refractivity contribution in [1.82, 2.24) is 0 Å². The SMILES string of the molecule is C#C[C@]1(O)C[C@@H](O)[C@H](C[N+](=O)[O-])[C@H](C(=O)OC)C1. The topological polar surface area (TPSA) is 110 Å². The summed E-state index contributed by atoms with van der Waals surface area (Å²) < 4.78 is 4.54. The molecule has 1 fully saturated rings. The Hall–Kier alpha value is -1.65. The van der Waals surface area contributed by atoms with Crippen molar-refractivity contribution >= 4 is 5.97 Å². The van der Waals surface area contributed by atoms with Gasteiger partial charge in [-0.1, -0.05) is 5.92 Å². The Labute approximate surface area is 104 Å². The number of aliphatic hydroxyl groups is 2. The maximum Gasteiger partial charge on any atom is 0.309 e. The van der Waals surface area contributed by atoms with E-state index in [1.165, 1.54) is 0 Å². The van der Waals surface area contributed by atoms with Crippen LogP contribution in [0, 0.1) is 34.3 Å². The average Bonchev–Trinajstić information content (AvgIpc) is 2.31. The molecule has 0 saturated heterocycles. The van der Waals surface area contributed by atoms with Gasteiger partial charge in [0.05, 0.1) is 25.0 Å². The van der Waals surface area contributed by atoms with E-state index in [-0.39, 0.29) is 12.8 Å². The van der Waals surface area contributed by atoms with Crippen molar-refractivity contribution in [3.63, 3.8) is 0 Å². The van der Waals surface area contributed by atoms with Crippen molar-refractivity contribution in [1.29, 1.82) is 0 Å². The average molecular weight is 257 g/mol. The fraction of sp³-hybridized carbons (Fsp3) is 0.727. The highest BCUT2D eigenvalue weighted by molar-refractivity contribution is 5.73. The molecule has 2 N–H and O–H groups in total. The fourth-order valence-corrected chi connectivity index (χ4v) is 2.31. The summed E-state index contributed by atoms with van der Waals surface area (Å²) in [4.78, 5) is 21.5. The normalized spacial score (nSPS) is 35.6. The van der Waals surface area contributed by atoms with Gasteiger partial charge in [0.2, 0.25) is 6.54 Å². The molecule has 18 heavy (non-hydrogen) atoms. The van der Waals surface area contributed by atoms with Crippen LogP contribution in [0.15, 0.2) is 0 Å². The number of nitrogens with zero attached hydrogens (tertiary/aromatic N) is 1. The third kappa shape index (κ3) is 2.97. The number of hydrogen-bond acceptors (Lipinski definition) is 6. The van der Waals surface area contributed by atoms with Gasteiger partial charge in [0.1, 0.15) is 5.60 Å². The Balaban J connectivity index is 2.98. The highest BCUT2D eigenvalue weighted by Gasteiger charge is 2.49. The largest absolute Gasteiger partial charge is 0.469 e. The second-order valence-corrected chi connectivity index (χ2v) is 4.46. The van der Waals surface area contributed by atoms with Crippen LogP contribution in [0.25, 0.3) is 0 Å². The summed E-state index contributed by atoms with van der Waals surface area (Å²) in [5.41, 5.74) is -1.63. The smallest absolute Gasteiger partial charge is 0.309 e. The molecular formula is C11H15NO6. The number of methoxy groups -OCH3 is 1. The number of terminal acetylenes is 1. The lowest BCUT2D eigenvalue weighted by Crippen LogP contribution is -2.50. The molecule has 0 radical (unpaired) electrons. The molecule has 1 rings (SSSR count). The van der Waals surface area contributed by atoms with E-state index in [0.717, 1.165) is 7.11 Å². The highest BCUT2D eigenvalue weighted by atomic mass is 16.6. The van der Waals surface area contributed by atoms with Gasteiger partial charge in [-0.15, -0.1) is 6.42 Å². The predicted octanol–water partition coefficient (Wildman–Crippen LogP) is -0.812.